The average molecular weight is 138 g/mol. The third kappa shape index (κ3) is 1.74. The zero-order valence-electron chi connectivity index (χ0n) is 5.68. The summed E-state index contributed by atoms with van der Waals surface area (Å²) >= 11 is 0. The Labute approximate surface area is 60.2 Å². The summed E-state index contributed by atoms with van der Waals surface area (Å²) in [6, 6.07) is 0.239. The van der Waals surface area contributed by atoms with Crippen molar-refractivity contribution in [1.82, 2.24) is 10.6 Å². The Kier molecular flexibility index (Phi) is 2.30. The van der Waals surface area contributed by atoms with Gasteiger partial charge in [-0.25, -0.2) is 0 Å². The molecule has 3 heteroatoms. The number of hydrogen-bond donors (Lipinski definition) is 2. The number of carbonyl (C=O) groups excluding carboxylic acids is 1. The highest BCUT2D eigenvalue weighted by molar-refractivity contribution is 5.93. The maximum absolute atomic E-state index is 10.6. The SMILES string of the molecule is C#CC(=O)N[C@@H]1CCNC1. The first kappa shape index (κ1) is 7.10. The highest BCUT2D eigenvalue weighted by atomic mass is 16.1. The highest BCUT2D eigenvalue weighted by Gasteiger charge is 2.14. The van der Waals surface area contributed by atoms with Crippen molar-refractivity contribution in [2.45, 2.75) is 12.5 Å². The van der Waals surface area contributed by atoms with Gasteiger partial charge in [0.2, 0.25) is 0 Å². The molecule has 1 aliphatic heterocycles. The van der Waals surface area contributed by atoms with Crippen molar-refractivity contribution in [1.29, 1.82) is 0 Å². The number of hydrogen-bond acceptors (Lipinski definition) is 2. The van der Waals surface area contributed by atoms with E-state index in [4.69, 9.17) is 6.42 Å². The largest absolute Gasteiger partial charge is 0.341 e. The third-order valence-electron chi connectivity index (χ3n) is 1.53. The molecule has 1 aliphatic rings. The van der Waals surface area contributed by atoms with Gasteiger partial charge in [0.25, 0.3) is 5.91 Å². The van der Waals surface area contributed by atoms with Gasteiger partial charge in [0.15, 0.2) is 0 Å². The molecule has 0 radical (unpaired) electrons. The molecule has 0 aromatic heterocycles. The van der Waals surface area contributed by atoms with Gasteiger partial charge < -0.3 is 10.6 Å². The minimum absolute atomic E-state index is 0.239. The Morgan fingerprint density at radius 2 is 2.60 bits per heavy atom. The van der Waals surface area contributed by atoms with Crippen LogP contribution >= 0.6 is 0 Å². The van der Waals surface area contributed by atoms with Crippen LogP contribution in [0.25, 0.3) is 0 Å². The van der Waals surface area contributed by atoms with Gasteiger partial charge in [-0.2, -0.15) is 0 Å². The summed E-state index contributed by atoms with van der Waals surface area (Å²) in [7, 11) is 0. The van der Waals surface area contributed by atoms with Gasteiger partial charge in [0.05, 0.1) is 0 Å². The van der Waals surface area contributed by atoms with Crippen LogP contribution in [0.1, 0.15) is 6.42 Å². The van der Waals surface area contributed by atoms with Gasteiger partial charge in [-0.15, -0.1) is 6.42 Å². The molecule has 0 spiro atoms. The number of nitrogens with one attached hydrogen (secondary N) is 2. The Hall–Kier alpha value is -1.01. The van der Waals surface area contributed by atoms with Crippen molar-refractivity contribution in [3.63, 3.8) is 0 Å². The molecule has 1 atom stereocenters. The van der Waals surface area contributed by atoms with Gasteiger partial charge >= 0.3 is 0 Å². The van der Waals surface area contributed by atoms with Crippen LogP contribution in [0, 0.1) is 12.3 Å². The predicted molar refractivity (Wildman–Crippen MR) is 38.3 cm³/mol. The lowest BCUT2D eigenvalue weighted by atomic mass is 10.2. The fourth-order valence-corrected chi connectivity index (χ4v) is 1.00. The molecular formula is C7H10N2O. The van der Waals surface area contributed by atoms with Crippen LogP contribution in [0.2, 0.25) is 0 Å². The Balaban J connectivity index is 2.25. The lowest BCUT2D eigenvalue weighted by Gasteiger charge is -2.06. The van der Waals surface area contributed by atoms with Crippen molar-refractivity contribution in [3.05, 3.63) is 0 Å². The van der Waals surface area contributed by atoms with E-state index in [1.54, 1.807) is 0 Å². The van der Waals surface area contributed by atoms with Crippen LogP contribution in [0.3, 0.4) is 0 Å². The second-order valence-electron chi connectivity index (χ2n) is 2.31. The highest BCUT2D eigenvalue weighted by Crippen LogP contribution is 1.95. The molecule has 1 heterocycles. The maximum atomic E-state index is 10.6. The van der Waals surface area contributed by atoms with Crippen molar-refractivity contribution in [2.75, 3.05) is 13.1 Å². The number of amides is 1. The van der Waals surface area contributed by atoms with E-state index in [-0.39, 0.29) is 11.9 Å². The summed E-state index contributed by atoms with van der Waals surface area (Å²) in [5, 5.41) is 5.81. The number of terminal acetylenes is 1. The van der Waals surface area contributed by atoms with Crippen LogP contribution in [0.4, 0.5) is 0 Å². The van der Waals surface area contributed by atoms with Gasteiger partial charge in [0, 0.05) is 12.6 Å². The first-order valence-corrected chi connectivity index (χ1v) is 3.31. The molecule has 0 saturated carbocycles. The lowest BCUT2D eigenvalue weighted by molar-refractivity contribution is -0.116. The van der Waals surface area contributed by atoms with Crippen molar-refractivity contribution in [2.24, 2.45) is 0 Å². The normalized spacial score (nSPS) is 23.7. The topological polar surface area (TPSA) is 41.1 Å². The fourth-order valence-electron chi connectivity index (χ4n) is 1.00. The Morgan fingerprint density at radius 3 is 3.10 bits per heavy atom. The summed E-state index contributed by atoms with van der Waals surface area (Å²) < 4.78 is 0. The fraction of sp³-hybridized carbons (Fsp3) is 0.571. The molecule has 1 rings (SSSR count). The molecule has 0 aromatic carbocycles. The van der Waals surface area contributed by atoms with Gasteiger partial charge in [-0.1, -0.05) is 0 Å². The maximum Gasteiger partial charge on any atom is 0.295 e. The Morgan fingerprint density at radius 1 is 1.80 bits per heavy atom. The van der Waals surface area contributed by atoms with E-state index >= 15 is 0 Å². The molecule has 54 valence electrons. The summed E-state index contributed by atoms with van der Waals surface area (Å²) in [6.07, 6.45) is 5.85. The molecule has 3 nitrogen and oxygen atoms in total. The van der Waals surface area contributed by atoms with E-state index in [9.17, 15) is 4.79 Å². The van der Waals surface area contributed by atoms with Crippen LogP contribution in [0.5, 0.6) is 0 Å². The molecular weight excluding hydrogens is 128 g/mol. The standard InChI is InChI=1S/C7H10N2O/c1-2-7(10)9-6-3-4-8-5-6/h1,6,8H,3-5H2,(H,9,10)/t6-/m1/s1. The van der Waals surface area contributed by atoms with E-state index in [1.165, 1.54) is 0 Å². The molecule has 0 bridgehead atoms. The van der Waals surface area contributed by atoms with Crippen LogP contribution in [0.15, 0.2) is 0 Å². The monoisotopic (exact) mass is 138 g/mol. The predicted octanol–water partition coefficient (Wildman–Crippen LogP) is -0.902. The van der Waals surface area contributed by atoms with E-state index in [2.05, 4.69) is 10.6 Å². The van der Waals surface area contributed by atoms with Crippen molar-refractivity contribution in [3.8, 4) is 12.3 Å². The summed E-state index contributed by atoms with van der Waals surface area (Å²) in [4.78, 5) is 10.6. The van der Waals surface area contributed by atoms with Crippen LogP contribution in [-0.4, -0.2) is 25.0 Å². The minimum Gasteiger partial charge on any atom is -0.341 e. The molecule has 0 aliphatic carbocycles. The number of rotatable bonds is 1. The number of carbonyl (C=O) groups is 1. The van der Waals surface area contributed by atoms with Gasteiger partial charge in [-0.3, -0.25) is 4.79 Å². The van der Waals surface area contributed by atoms with E-state index in [1.807, 2.05) is 5.92 Å². The third-order valence-corrected chi connectivity index (χ3v) is 1.53. The van der Waals surface area contributed by atoms with E-state index in [0.717, 1.165) is 19.5 Å². The first-order valence-electron chi connectivity index (χ1n) is 3.31. The Bertz CT molecular complexity index is 165. The second-order valence-corrected chi connectivity index (χ2v) is 2.31. The minimum atomic E-state index is -0.311. The molecule has 1 saturated heterocycles. The molecule has 10 heavy (non-hydrogen) atoms. The van der Waals surface area contributed by atoms with Gasteiger partial charge in [0.1, 0.15) is 0 Å². The zero-order chi connectivity index (χ0) is 7.40. The molecule has 2 N–H and O–H groups in total. The summed E-state index contributed by atoms with van der Waals surface area (Å²) in [5.74, 6) is 1.70. The van der Waals surface area contributed by atoms with Gasteiger partial charge in [-0.05, 0) is 18.9 Å². The lowest BCUT2D eigenvalue weighted by Crippen LogP contribution is -2.35. The quantitative estimate of drug-likeness (QED) is 0.461. The van der Waals surface area contributed by atoms with Crippen molar-refractivity contribution >= 4 is 5.91 Å². The smallest absolute Gasteiger partial charge is 0.295 e. The molecule has 0 aromatic rings. The molecule has 1 amide bonds. The molecule has 0 unspecified atom stereocenters. The summed E-state index contributed by atoms with van der Waals surface area (Å²) in [6.45, 7) is 1.81. The van der Waals surface area contributed by atoms with E-state index in [0.29, 0.717) is 0 Å². The van der Waals surface area contributed by atoms with Crippen LogP contribution in [-0.2, 0) is 4.79 Å². The summed E-state index contributed by atoms with van der Waals surface area (Å²) in [5.41, 5.74) is 0. The zero-order valence-corrected chi connectivity index (χ0v) is 5.68. The average Bonchev–Trinajstić information content (AvgIpc) is 2.40. The van der Waals surface area contributed by atoms with E-state index < -0.39 is 0 Å². The second kappa shape index (κ2) is 3.23. The molecule has 1 fully saturated rings. The first-order chi connectivity index (χ1) is 4.83. The van der Waals surface area contributed by atoms with Crippen molar-refractivity contribution < 1.29 is 4.79 Å². The van der Waals surface area contributed by atoms with Crippen LogP contribution < -0.4 is 10.6 Å².